The Hall–Kier alpha value is -1.62. The summed E-state index contributed by atoms with van der Waals surface area (Å²) in [4.78, 5) is 30.7. The van der Waals surface area contributed by atoms with Crippen LogP contribution in [-0.4, -0.2) is 52.8 Å². The third-order valence-corrected chi connectivity index (χ3v) is 3.19. The molecule has 5 nitrogen and oxygen atoms in total. The molecule has 2 heterocycles. The van der Waals surface area contributed by atoms with Crippen LogP contribution in [0.1, 0.15) is 17.3 Å². The molecule has 2 amide bonds. The maximum absolute atomic E-state index is 12.2. The highest BCUT2D eigenvalue weighted by atomic mass is 35.5. The van der Waals surface area contributed by atoms with Crippen molar-refractivity contribution in [2.75, 3.05) is 26.2 Å². The van der Waals surface area contributed by atoms with Crippen molar-refractivity contribution in [2.24, 2.45) is 0 Å². The Balaban J connectivity index is 2.02. The molecule has 0 N–H and O–H groups in total. The smallest absolute Gasteiger partial charge is 0.254 e. The average Bonchev–Trinajstić information content (AvgIpc) is 2.38. The van der Waals surface area contributed by atoms with Gasteiger partial charge in [-0.25, -0.2) is 4.98 Å². The summed E-state index contributed by atoms with van der Waals surface area (Å²) < 4.78 is 0. The van der Waals surface area contributed by atoms with E-state index in [0.717, 1.165) is 0 Å². The van der Waals surface area contributed by atoms with Gasteiger partial charge in [0.1, 0.15) is 5.15 Å². The standard InChI is InChI=1S/C12H14ClN3O2/c1-9(17)15-4-6-16(7-5-15)12(18)10-2-3-14-11(13)8-10/h2-3,8H,4-7H2,1H3. The van der Waals surface area contributed by atoms with Gasteiger partial charge < -0.3 is 9.80 Å². The van der Waals surface area contributed by atoms with Crippen LogP contribution in [0.4, 0.5) is 0 Å². The summed E-state index contributed by atoms with van der Waals surface area (Å²) in [5.41, 5.74) is 0.534. The zero-order valence-corrected chi connectivity index (χ0v) is 10.9. The number of pyridine rings is 1. The van der Waals surface area contributed by atoms with Gasteiger partial charge in [0, 0.05) is 44.9 Å². The van der Waals surface area contributed by atoms with E-state index in [1.54, 1.807) is 28.9 Å². The van der Waals surface area contributed by atoms with Crippen LogP contribution in [0.2, 0.25) is 5.15 Å². The van der Waals surface area contributed by atoms with Crippen LogP contribution in [0.15, 0.2) is 18.3 Å². The molecular formula is C12H14ClN3O2. The monoisotopic (exact) mass is 267 g/mol. The van der Waals surface area contributed by atoms with Crippen molar-refractivity contribution in [3.05, 3.63) is 29.0 Å². The van der Waals surface area contributed by atoms with Crippen LogP contribution >= 0.6 is 11.6 Å². The molecule has 2 rings (SSSR count). The molecule has 1 aromatic heterocycles. The summed E-state index contributed by atoms with van der Waals surface area (Å²) in [7, 11) is 0. The Morgan fingerprint density at radius 1 is 1.22 bits per heavy atom. The second-order valence-corrected chi connectivity index (χ2v) is 4.55. The number of piperazine rings is 1. The lowest BCUT2D eigenvalue weighted by Gasteiger charge is -2.34. The fourth-order valence-corrected chi connectivity index (χ4v) is 2.12. The molecule has 0 radical (unpaired) electrons. The molecule has 18 heavy (non-hydrogen) atoms. The summed E-state index contributed by atoms with van der Waals surface area (Å²) in [6, 6.07) is 3.20. The molecule has 0 unspecified atom stereocenters. The van der Waals surface area contributed by atoms with Gasteiger partial charge in [-0.2, -0.15) is 0 Å². The van der Waals surface area contributed by atoms with Crippen molar-refractivity contribution in [1.29, 1.82) is 0 Å². The molecule has 96 valence electrons. The number of rotatable bonds is 1. The SMILES string of the molecule is CC(=O)N1CCN(C(=O)c2ccnc(Cl)c2)CC1. The molecule has 1 saturated heterocycles. The predicted octanol–water partition coefficient (Wildman–Crippen LogP) is 1.04. The van der Waals surface area contributed by atoms with Crippen molar-refractivity contribution in [2.45, 2.75) is 6.92 Å². The van der Waals surface area contributed by atoms with Crippen LogP contribution in [-0.2, 0) is 4.79 Å². The Bertz CT molecular complexity index is 470. The van der Waals surface area contributed by atoms with E-state index >= 15 is 0 Å². The minimum Gasteiger partial charge on any atom is -0.339 e. The molecule has 0 spiro atoms. The minimum absolute atomic E-state index is 0.0501. The molecule has 0 saturated carbocycles. The number of carbonyl (C=O) groups excluding carboxylic acids is 2. The molecule has 0 bridgehead atoms. The Kier molecular flexibility index (Phi) is 3.81. The third kappa shape index (κ3) is 2.79. The average molecular weight is 268 g/mol. The van der Waals surface area contributed by atoms with E-state index < -0.39 is 0 Å². The number of carbonyl (C=O) groups is 2. The van der Waals surface area contributed by atoms with E-state index in [-0.39, 0.29) is 11.8 Å². The lowest BCUT2D eigenvalue weighted by molar-refractivity contribution is -0.130. The van der Waals surface area contributed by atoms with Crippen LogP contribution in [0.3, 0.4) is 0 Å². The number of hydrogen-bond acceptors (Lipinski definition) is 3. The summed E-state index contributed by atoms with van der Waals surface area (Å²) in [5, 5.41) is 0.309. The zero-order valence-electron chi connectivity index (χ0n) is 10.1. The molecule has 1 aliphatic heterocycles. The van der Waals surface area contributed by atoms with Gasteiger partial charge in [0.25, 0.3) is 5.91 Å². The zero-order chi connectivity index (χ0) is 13.1. The van der Waals surface area contributed by atoms with Crippen molar-refractivity contribution in [3.63, 3.8) is 0 Å². The first kappa shape index (κ1) is 12.8. The first-order valence-electron chi connectivity index (χ1n) is 5.74. The van der Waals surface area contributed by atoms with Gasteiger partial charge >= 0.3 is 0 Å². The molecule has 1 aliphatic rings. The second-order valence-electron chi connectivity index (χ2n) is 4.17. The van der Waals surface area contributed by atoms with Crippen molar-refractivity contribution in [3.8, 4) is 0 Å². The number of halogens is 1. The number of amides is 2. The predicted molar refractivity (Wildman–Crippen MR) is 67.4 cm³/mol. The van der Waals surface area contributed by atoms with E-state index in [1.165, 1.54) is 6.20 Å². The highest BCUT2D eigenvalue weighted by Crippen LogP contribution is 2.12. The van der Waals surface area contributed by atoms with E-state index in [9.17, 15) is 9.59 Å². The number of nitrogens with zero attached hydrogens (tertiary/aromatic N) is 3. The summed E-state index contributed by atoms with van der Waals surface area (Å²) in [5.74, 6) is -0.0171. The quantitative estimate of drug-likeness (QED) is 0.715. The molecule has 0 aromatic carbocycles. The van der Waals surface area contributed by atoms with Gasteiger partial charge in [-0.05, 0) is 12.1 Å². The van der Waals surface area contributed by atoms with Gasteiger partial charge in [0.15, 0.2) is 0 Å². The molecular weight excluding hydrogens is 254 g/mol. The van der Waals surface area contributed by atoms with E-state index in [1.807, 2.05) is 0 Å². The van der Waals surface area contributed by atoms with E-state index in [2.05, 4.69) is 4.98 Å². The number of hydrogen-bond donors (Lipinski definition) is 0. The second kappa shape index (κ2) is 5.35. The molecule has 0 aliphatic carbocycles. The Morgan fingerprint density at radius 2 is 1.83 bits per heavy atom. The van der Waals surface area contributed by atoms with E-state index in [0.29, 0.717) is 36.9 Å². The molecule has 0 atom stereocenters. The largest absolute Gasteiger partial charge is 0.339 e. The maximum atomic E-state index is 12.2. The first-order valence-corrected chi connectivity index (χ1v) is 6.12. The van der Waals surface area contributed by atoms with Crippen molar-refractivity contribution in [1.82, 2.24) is 14.8 Å². The minimum atomic E-state index is -0.0671. The maximum Gasteiger partial charge on any atom is 0.254 e. The van der Waals surface area contributed by atoms with Crippen LogP contribution in [0.5, 0.6) is 0 Å². The van der Waals surface area contributed by atoms with Gasteiger partial charge in [0.05, 0.1) is 0 Å². The summed E-state index contributed by atoms with van der Waals surface area (Å²) >= 11 is 5.76. The summed E-state index contributed by atoms with van der Waals surface area (Å²) in [6.07, 6.45) is 1.52. The summed E-state index contributed by atoms with van der Waals surface area (Å²) in [6.45, 7) is 3.82. The molecule has 1 aromatic rings. The third-order valence-electron chi connectivity index (χ3n) is 2.99. The van der Waals surface area contributed by atoms with Crippen molar-refractivity contribution < 1.29 is 9.59 Å². The van der Waals surface area contributed by atoms with Crippen molar-refractivity contribution >= 4 is 23.4 Å². The van der Waals surface area contributed by atoms with Gasteiger partial charge in [-0.15, -0.1) is 0 Å². The van der Waals surface area contributed by atoms with E-state index in [4.69, 9.17) is 11.6 Å². The van der Waals surface area contributed by atoms with Crippen LogP contribution in [0.25, 0.3) is 0 Å². The number of aromatic nitrogens is 1. The Labute approximate surface area is 110 Å². The first-order chi connectivity index (χ1) is 8.58. The highest BCUT2D eigenvalue weighted by Gasteiger charge is 2.23. The fourth-order valence-electron chi connectivity index (χ4n) is 1.94. The van der Waals surface area contributed by atoms with Gasteiger partial charge in [-0.3, -0.25) is 9.59 Å². The normalized spacial score (nSPS) is 15.7. The highest BCUT2D eigenvalue weighted by molar-refractivity contribution is 6.29. The van der Waals surface area contributed by atoms with Crippen LogP contribution in [0, 0.1) is 0 Å². The molecule has 6 heteroatoms. The van der Waals surface area contributed by atoms with Gasteiger partial charge in [-0.1, -0.05) is 11.6 Å². The fraction of sp³-hybridized carbons (Fsp3) is 0.417. The topological polar surface area (TPSA) is 53.5 Å². The van der Waals surface area contributed by atoms with Gasteiger partial charge in [0.2, 0.25) is 5.91 Å². The lowest BCUT2D eigenvalue weighted by atomic mass is 10.2. The molecule has 1 fully saturated rings. The Morgan fingerprint density at radius 3 is 2.39 bits per heavy atom. The van der Waals surface area contributed by atoms with Crippen LogP contribution < -0.4 is 0 Å². The lowest BCUT2D eigenvalue weighted by Crippen LogP contribution is -2.50.